The van der Waals surface area contributed by atoms with Crippen molar-refractivity contribution in [2.24, 2.45) is 0 Å². The van der Waals surface area contributed by atoms with E-state index >= 15 is 0 Å². The van der Waals surface area contributed by atoms with Crippen LogP contribution in [-0.2, 0) is 4.79 Å². The van der Waals surface area contributed by atoms with Gasteiger partial charge in [-0.05, 0) is 47.7 Å². The van der Waals surface area contributed by atoms with E-state index in [1.807, 2.05) is 12.1 Å². The summed E-state index contributed by atoms with van der Waals surface area (Å²) >= 11 is 0. The molecule has 188 valence electrons. The molecule has 0 amide bonds. The third-order valence-corrected chi connectivity index (χ3v) is 6.87. The van der Waals surface area contributed by atoms with Crippen LogP contribution in [0, 0.1) is 0 Å². The van der Waals surface area contributed by atoms with E-state index in [0.29, 0.717) is 57.6 Å². The molecule has 3 aromatic rings. The van der Waals surface area contributed by atoms with Gasteiger partial charge in [0.25, 0.3) is 5.56 Å². The SMILES string of the molecule is COc1ccc(C2C3=C(CC(c4cc(OC)c(OC)c(OC)c4)CC3=O)Nc3[nH][nH]c(=O)c32)cc1O. The molecule has 2 aliphatic rings. The Morgan fingerprint density at radius 3 is 2.14 bits per heavy atom. The van der Waals surface area contributed by atoms with Crippen LogP contribution in [-0.4, -0.2) is 49.5 Å². The van der Waals surface area contributed by atoms with Crippen molar-refractivity contribution in [3.8, 4) is 28.7 Å². The van der Waals surface area contributed by atoms with Crippen LogP contribution < -0.4 is 29.8 Å². The lowest BCUT2D eigenvalue weighted by molar-refractivity contribution is -0.116. The lowest BCUT2D eigenvalue weighted by atomic mass is 9.72. The van der Waals surface area contributed by atoms with Crippen LogP contribution >= 0.6 is 0 Å². The Labute approximate surface area is 206 Å². The number of phenolic OH excluding ortho intramolecular Hbond substituents is 1. The maximum Gasteiger partial charge on any atom is 0.270 e. The number of aromatic nitrogens is 2. The molecule has 1 aromatic heterocycles. The second kappa shape index (κ2) is 9.03. The van der Waals surface area contributed by atoms with E-state index in [4.69, 9.17) is 18.9 Å². The number of methoxy groups -OCH3 is 4. The fraction of sp³-hybridized carbons (Fsp3) is 0.308. The number of allylic oxidation sites excluding steroid dienone is 2. The zero-order valence-electron chi connectivity index (χ0n) is 20.4. The molecule has 2 heterocycles. The number of aromatic amines is 2. The van der Waals surface area contributed by atoms with E-state index in [1.54, 1.807) is 33.5 Å². The van der Waals surface area contributed by atoms with Gasteiger partial charge in [-0.3, -0.25) is 19.8 Å². The fourth-order valence-corrected chi connectivity index (χ4v) is 5.21. The molecule has 0 radical (unpaired) electrons. The van der Waals surface area contributed by atoms with E-state index in [-0.39, 0.29) is 29.4 Å². The van der Waals surface area contributed by atoms with Crippen molar-refractivity contribution in [3.63, 3.8) is 0 Å². The quantitative estimate of drug-likeness (QED) is 0.410. The van der Waals surface area contributed by atoms with Crippen molar-refractivity contribution >= 4 is 11.6 Å². The number of benzene rings is 2. The average Bonchev–Trinajstić information content (AvgIpc) is 3.26. The van der Waals surface area contributed by atoms with E-state index in [2.05, 4.69) is 15.5 Å². The van der Waals surface area contributed by atoms with Gasteiger partial charge in [-0.25, -0.2) is 0 Å². The number of phenols is 1. The summed E-state index contributed by atoms with van der Waals surface area (Å²) in [4.78, 5) is 26.4. The Balaban J connectivity index is 1.60. The molecule has 4 N–H and O–H groups in total. The minimum absolute atomic E-state index is 0.0669. The van der Waals surface area contributed by atoms with Crippen LogP contribution in [0.3, 0.4) is 0 Å². The summed E-state index contributed by atoms with van der Waals surface area (Å²) in [5, 5.41) is 19.2. The predicted molar refractivity (Wildman–Crippen MR) is 132 cm³/mol. The number of aromatic hydroxyl groups is 1. The summed E-state index contributed by atoms with van der Waals surface area (Å²) < 4.78 is 21.6. The number of anilines is 1. The predicted octanol–water partition coefficient (Wildman–Crippen LogP) is 3.40. The number of hydrogen-bond donors (Lipinski definition) is 4. The summed E-state index contributed by atoms with van der Waals surface area (Å²) in [7, 11) is 6.10. The standard InChI is InChI=1S/C26H27N3O7/c1-33-18-6-5-12(8-16(18)30)21-22-15(27-25-23(21)26(32)29-28-25)7-13(9-17(22)31)14-10-19(34-2)24(36-4)20(11-14)35-3/h5-6,8,10-11,13,21,30H,7,9H2,1-4H3,(H3,27,28,29,32). The molecule has 10 nitrogen and oxygen atoms in total. The summed E-state index contributed by atoms with van der Waals surface area (Å²) in [5.74, 6) is 1.36. The highest BCUT2D eigenvalue weighted by Crippen LogP contribution is 2.49. The fourth-order valence-electron chi connectivity index (χ4n) is 5.21. The number of carbonyl (C=O) groups excluding carboxylic acids is 1. The monoisotopic (exact) mass is 493 g/mol. The van der Waals surface area contributed by atoms with Gasteiger partial charge in [0.2, 0.25) is 5.75 Å². The van der Waals surface area contributed by atoms with Crippen LogP contribution in [0.5, 0.6) is 28.7 Å². The van der Waals surface area contributed by atoms with Gasteiger partial charge in [0.15, 0.2) is 28.8 Å². The van der Waals surface area contributed by atoms with Gasteiger partial charge < -0.3 is 29.4 Å². The largest absolute Gasteiger partial charge is 0.504 e. The second-order valence-electron chi connectivity index (χ2n) is 8.74. The molecule has 2 atom stereocenters. The lowest BCUT2D eigenvalue weighted by Crippen LogP contribution is -2.31. The van der Waals surface area contributed by atoms with E-state index in [0.717, 1.165) is 5.56 Å². The molecule has 0 saturated heterocycles. The van der Waals surface area contributed by atoms with Gasteiger partial charge in [0.05, 0.1) is 34.0 Å². The molecule has 36 heavy (non-hydrogen) atoms. The van der Waals surface area contributed by atoms with Crippen molar-refractivity contribution < 1.29 is 28.8 Å². The number of fused-ring (bicyclic) bond motifs is 1. The third-order valence-electron chi connectivity index (χ3n) is 6.87. The minimum atomic E-state index is -0.642. The topological polar surface area (TPSA) is 135 Å². The molecule has 2 unspecified atom stereocenters. The Hall–Kier alpha value is -4.34. The molecule has 2 aromatic carbocycles. The molecular weight excluding hydrogens is 466 g/mol. The minimum Gasteiger partial charge on any atom is -0.504 e. The highest BCUT2D eigenvalue weighted by Gasteiger charge is 2.41. The van der Waals surface area contributed by atoms with Crippen molar-refractivity contribution in [2.75, 3.05) is 33.8 Å². The zero-order valence-corrected chi connectivity index (χ0v) is 20.4. The molecule has 1 aliphatic heterocycles. The molecule has 0 saturated carbocycles. The van der Waals surface area contributed by atoms with Crippen LogP contribution in [0.2, 0.25) is 0 Å². The van der Waals surface area contributed by atoms with Gasteiger partial charge >= 0.3 is 0 Å². The third kappa shape index (κ3) is 3.65. The Bertz CT molecular complexity index is 1410. The van der Waals surface area contributed by atoms with E-state index in [1.165, 1.54) is 13.2 Å². The smallest absolute Gasteiger partial charge is 0.270 e. The summed E-state index contributed by atoms with van der Waals surface area (Å²) in [6.45, 7) is 0. The number of nitrogens with one attached hydrogen (secondary N) is 3. The molecule has 1 aliphatic carbocycles. The summed E-state index contributed by atoms with van der Waals surface area (Å²) in [6.07, 6.45) is 0.750. The van der Waals surface area contributed by atoms with Crippen LogP contribution in [0.1, 0.15) is 41.4 Å². The lowest BCUT2D eigenvalue weighted by Gasteiger charge is -2.34. The first-order valence-electron chi connectivity index (χ1n) is 11.4. The van der Waals surface area contributed by atoms with Crippen LogP contribution in [0.25, 0.3) is 0 Å². The summed E-state index contributed by atoms with van der Waals surface area (Å²) in [6, 6.07) is 8.63. The number of carbonyl (C=O) groups is 1. The normalized spacial score (nSPS) is 18.7. The highest BCUT2D eigenvalue weighted by molar-refractivity contribution is 6.01. The van der Waals surface area contributed by atoms with Crippen molar-refractivity contribution in [1.29, 1.82) is 0 Å². The van der Waals surface area contributed by atoms with E-state index < -0.39 is 5.92 Å². The molecule has 0 bridgehead atoms. The average molecular weight is 494 g/mol. The number of ketones is 1. The Kier molecular flexibility index (Phi) is 5.87. The van der Waals surface area contributed by atoms with Gasteiger partial charge in [-0.15, -0.1) is 0 Å². The Morgan fingerprint density at radius 1 is 0.833 bits per heavy atom. The highest BCUT2D eigenvalue weighted by atomic mass is 16.5. The molecule has 10 heteroatoms. The number of ether oxygens (including phenoxy) is 4. The molecule has 5 rings (SSSR count). The first-order chi connectivity index (χ1) is 17.4. The molecule has 0 spiro atoms. The van der Waals surface area contributed by atoms with Crippen LogP contribution in [0.15, 0.2) is 46.4 Å². The second-order valence-corrected chi connectivity index (χ2v) is 8.74. The van der Waals surface area contributed by atoms with Gasteiger partial charge in [0.1, 0.15) is 5.82 Å². The van der Waals surface area contributed by atoms with E-state index in [9.17, 15) is 14.7 Å². The zero-order chi connectivity index (χ0) is 25.6. The van der Waals surface area contributed by atoms with Crippen molar-refractivity contribution in [3.05, 3.63) is 68.6 Å². The van der Waals surface area contributed by atoms with Crippen molar-refractivity contribution in [1.82, 2.24) is 10.2 Å². The molecular formula is C26H27N3O7. The Morgan fingerprint density at radius 2 is 1.53 bits per heavy atom. The van der Waals surface area contributed by atoms with Crippen LogP contribution in [0.4, 0.5) is 5.82 Å². The number of H-pyrrole nitrogens is 2. The first kappa shape index (κ1) is 23.4. The maximum atomic E-state index is 13.7. The van der Waals surface area contributed by atoms with Crippen molar-refractivity contribution in [2.45, 2.75) is 24.7 Å². The van der Waals surface area contributed by atoms with Gasteiger partial charge in [-0.1, -0.05) is 6.07 Å². The maximum absolute atomic E-state index is 13.7. The number of hydrogen-bond acceptors (Lipinski definition) is 8. The number of rotatable bonds is 6. The molecule has 0 fully saturated rings. The summed E-state index contributed by atoms with van der Waals surface area (Å²) in [5.41, 5.74) is 2.79. The van der Waals surface area contributed by atoms with Gasteiger partial charge in [0, 0.05) is 23.6 Å². The van der Waals surface area contributed by atoms with Gasteiger partial charge in [-0.2, -0.15) is 0 Å². The number of Topliss-reactive ketones (excluding diaryl/α,β-unsaturated/α-hetero) is 1. The first-order valence-corrected chi connectivity index (χ1v) is 11.4.